The summed E-state index contributed by atoms with van der Waals surface area (Å²) in [5.41, 5.74) is 3.10. The predicted octanol–water partition coefficient (Wildman–Crippen LogP) is 2.41. The van der Waals surface area contributed by atoms with Crippen LogP contribution < -0.4 is 5.32 Å². The van der Waals surface area contributed by atoms with E-state index in [9.17, 15) is 14.7 Å². The molecule has 0 saturated carbocycles. The number of urea groups is 1. The van der Waals surface area contributed by atoms with Crippen LogP contribution in [0, 0.1) is 0 Å². The molecule has 0 aliphatic carbocycles. The number of carbonyl (C=O) groups is 2. The monoisotopic (exact) mass is 310 g/mol. The largest absolute Gasteiger partial charge is 0.480 e. The number of carboxylic acid groups (broad SMARTS) is 1. The summed E-state index contributed by atoms with van der Waals surface area (Å²) in [6.45, 7) is 1.03. The van der Waals surface area contributed by atoms with E-state index < -0.39 is 12.0 Å². The van der Waals surface area contributed by atoms with Crippen LogP contribution >= 0.6 is 0 Å². The highest BCUT2D eigenvalue weighted by Crippen LogP contribution is 2.22. The molecule has 2 aromatic rings. The smallest absolute Gasteiger partial charge is 0.326 e. The van der Waals surface area contributed by atoms with Gasteiger partial charge in [0.05, 0.1) is 0 Å². The summed E-state index contributed by atoms with van der Waals surface area (Å²) < 4.78 is 0. The quantitative estimate of drug-likeness (QED) is 0.911. The van der Waals surface area contributed by atoms with Crippen LogP contribution in [-0.4, -0.2) is 28.0 Å². The van der Waals surface area contributed by atoms with Crippen molar-refractivity contribution in [3.05, 3.63) is 71.3 Å². The predicted molar refractivity (Wildman–Crippen MR) is 85.8 cm³/mol. The summed E-state index contributed by atoms with van der Waals surface area (Å²) in [6.07, 6.45) is 0.267. The van der Waals surface area contributed by atoms with Gasteiger partial charge in [0.15, 0.2) is 0 Å². The van der Waals surface area contributed by atoms with Crippen molar-refractivity contribution >= 4 is 12.0 Å². The lowest BCUT2D eigenvalue weighted by Crippen LogP contribution is -2.47. The maximum atomic E-state index is 12.4. The van der Waals surface area contributed by atoms with Gasteiger partial charge in [-0.15, -0.1) is 0 Å². The van der Waals surface area contributed by atoms with Crippen LogP contribution in [0.15, 0.2) is 54.6 Å². The van der Waals surface area contributed by atoms with E-state index in [1.165, 1.54) is 0 Å². The van der Waals surface area contributed by atoms with E-state index in [4.69, 9.17) is 0 Å². The number of hydrogen-bond donors (Lipinski definition) is 2. The van der Waals surface area contributed by atoms with Crippen LogP contribution in [0.3, 0.4) is 0 Å². The summed E-state index contributed by atoms with van der Waals surface area (Å²) in [6, 6.07) is 15.9. The lowest BCUT2D eigenvalue weighted by molar-refractivity contribution is -0.139. The molecule has 5 nitrogen and oxygen atoms in total. The van der Waals surface area contributed by atoms with Crippen molar-refractivity contribution in [1.82, 2.24) is 10.2 Å². The third-order valence-electron chi connectivity index (χ3n) is 4.01. The molecule has 0 fully saturated rings. The lowest BCUT2D eigenvalue weighted by Gasteiger charge is -2.20. The number of fused-ring (bicyclic) bond motifs is 1. The van der Waals surface area contributed by atoms with Gasteiger partial charge < -0.3 is 15.3 Å². The van der Waals surface area contributed by atoms with E-state index in [1.54, 1.807) is 4.90 Å². The molecule has 2 amide bonds. The summed E-state index contributed by atoms with van der Waals surface area (Å²) in [7, 11) is 0. The van der Waals surface area contributed by atoms with Crippen molar-refractivity contribution in [3.63, 3.8) is 0 Å². The summed E-state index contributed by atoms with van der Waals surface area (Å²) >= 11 is 0. The summed E-state index contributed by atoms with van der Waals surface area (Å²) in [5.74, 6) is -1.03. The van der Waals surface area contributed by atoms with Crippen LogP contribution in [0.25, 0.3) is 0 Å². The molecule has 1 aliphatic rings. The minimum atomic E-state index is -1.03. The van der Waals surface area contributed by atoms with Gasteiger partial charge in [0.25, 0.3) is 0 Å². The molecule has 3 rings (SSSR count). The minimum absolute atomic E-state index is 0.267. The minimum Gasteiger partial charge on any atom is -0.480 e. The highest BCUT2D eigenvalue weighted by atomic mass is 16.4. The molecule has 118 valence electrons. The van der Waals surface area contributed by atoms with Crippen molar-refractivity contribution in [2.45, 2.75) is 25.6 Å². The average Bonchev–Trinajstić information content (AvgIpc) is 2.99. The fourth-order valence-electron chi connectivity index (χ4n) is 2.77. The number of nitrogens with zero attached hydrogens (tertiary/aromatic N) is 1. The molecule has 1 aliphatic heterocycles. The van der Waals surface area contributed by atoms with Gasteiger partial charge >= 0.3 is 12.0 Å². The fraction of sp³-hybridized carbons (Fsp3) is 0.222. The van der Waals surface area contributed by atoms with Gasteiger partial charge in [0.1, 0.15) is 6.04 Å². The highest BCUT2D eigenvalue weighted by molar-refractivity contribution is 5.83. The molecular weight excluding hydrogens is 292 g/mol. The molecule has 0 radical (unpaired) electrons. The first-order valence-corrected chi connectivity index (χ1v) is 7.52. The fourth-order valence-corrected chi connectivity index (χ4v) is 2.77. The number of amides is 2. The van der Waals surface area contributed by atoms with E-state index in [2.05, 4.69) is 5.32 Å². The average molecular weight is 310 g/mol. The highest BCUT2D eigenvalue weighted by Gasteiger charge is 2.27. The van der Waals surface area contributed by atoms with Gasteiger partial charge in [-0.05, 0) is 16.7 Å². The van der Waals surface area contributed by atoms with Gasteiger partial charge in [-0.1, -0.05) is 54.6 Å². The standard InChI is InChI=1S/C18H18N2O3/c21-17(22)16(10-13-6-2-1-3-7-13)19-18(23)20-11-14-8-4-5-9-15(14)12-20/h1-9,16H,10-12H2,(H,19,23)(H,21,22)/t16-/m1/s1. The Morgan fingerprint density at radius 2 is 1.57 bits per heavy atom. The molecule has 1 atom stereocenters. The third kappa shape index (κ3) is 3.51. The number of aliphatic carboxylic acids is 1. The molecule has 2 aromatic carbocycles. The topological polar surface area (TPSA) is 69.6 Å². The first kappa shape index (κ1) is 15.1. The third-order valence-corrected chi connectivity index (χ3v) is 4.01. The molecule has 0 bridgehead atoms. The Morgan fingerprint density at radius 3 is 2.13 bits per heavy atom. The number of carbonyl (C=O) groups excluding carboxylic acids is 1. The Bertz CT molecular complexity index is 690. The van der Waals surface area contributed by atoms with Crippen molar-refractivity contribution in [2.24, 2.45) is 0 Å². The van der Waals surface area contributed by atoms with E-state index >= 15 is 0 Å². The number of benzene rings is 2. The Kier molecular flexibility index (Phi) is 4.28. The second kappa shape index (κ2) is 6.52. The van der Waals surface area contributed by atoms with Crippen LogP contribution in [0.4, 0.5) is 4.79 Å². The zero-order valence-corrected chi connectivity index (χ0v) is 12.6. The Morgan fingerprint density at radius 1 is 1.00 bits per heavy atom. The number of hydrogen-bond acceptors (Lipinski definition) is 2. The van der Waals surface area contributed by atoms with E-state index in [0.717, 1.165) is 16.7 Å². The molecule has 5 heteroatoms. The molecule has 1 heterocycles. The normalized spacial score (nSPS) is 14.2. The van der Waals surface area contributed by atoms with Crippen LogP contribution in [-0.2, 0) is 24.3 Å². The lowest BCUT2D eigenvalue weighted by atomic mass is 10.1. The van der Waals surface area contributed by atoms with Crippen molar-refractivity contribution < 1.29 is 14.7 Å². The van der Waals surface area contributed by atoms with Crippen LogP contribution in [0.5, 0.6) is 0 Å². The molecule has 2 N–H and O–H groups in total. The Labute approximate surface area is 134 Å². The van der Waals surface area contributed by atoms with Crippen LogP contribution in [0.1, 0.15) is 16.7 Å². The van der Waals surface area contributed by atoms with Crippen LogP contribution in [0.2, 0.25) is 0 Å². The molecule has 0 aromatic heterocycles. The van der Waals surface area contributed by atoms with Gasteiger partial charge in [-0.25, -0.2) is 9.59 Å². The van der Waals surface area contributed by atoms with Gasteiger partial charge in [-0.3, -0.25) is 0 Å². The maximum Gasteiger partial charge on any atom is 0.326 e. The van der Waals surface area contributed by atoms with Crippen molar-refractivity contribution in [3.8, 4) is 0 Å². The van der Waals surface area contributed by atoms with Gasteiger partial charge in [0.2, 0.25) is 0 Å². The summed E-state index contributed by atoms with van der Waals surface area (Å²) in [5, 5.41) is 12.0. The van der Waals surface area contributed by atoms with Gasteiger partial charge in [0, 0.05) is 19.5 Å². The molecule has 0 saturated heterocycles. The van der Waals surface area contributed by atoms with Crippen molar-refractivity contribution in [1.29, 1.82) is 0 Å². The second-order valence-electron chi connectivity index (χ2n) is 5.65. The zero-order chi connectivity index (χ0) is 16.2. The number of carboxylic acids is 1. The molecule has 0 spiro atoms. The number of rotatable bonds is 4. The van der Waals surface area contributed by atoms with E-state index in [0.29, 0.717) is 13.1 Å². The van der Waals surface area contributed by atoms with Crippen molar-refractivity contribution in [2.75, 3.05) is 0 Å². The first-order valence-electron chi connectivity index (χ1n) is 7.52. The SMILES string of the molecule is O=C(O)[C@@H](Cc1ccccc1)NC(=O)N1Cc2ccccc2C1. The molecule has 23 heavy (non-hydrogen) atoms. The Hall–Kier alpha value is -2.82. The van der Waals surface area contributed by atoms with E-state index in [1.807, 2.05) is 54.6 Å². The summed E-state index contributed by atoms with van der Waals surface area (Å²) in [4.78, 5) is 25.4. The van der Waals surface area contributed by atoms with Gasteiger partial charge in [-0.2, -0.15) is 0 Å². The second-order valence-corrected chi connectivity index (χ2v) is 5.65. The molecule has 0 unspecified atom stereocenters. The zero-order valence-electron chi connectivity index (χ0n) is 12.6. The Balaban J connectivity index is 1.65. The van der Waals surface area contributed by atoms with E-state index in [-0.39, 0.29) is 12.5 Å². The molecular formula is C18H18N2O3. The maximum absolute atomic E-state index is 12.4. The number of nitrogens with one attached hydrogen (secondary N) is 1. The first-order chi connectivity index (χ1) is 11.1.